The van der Waals surface area contributed by atoms with Gasteiger partial charge in [-0.3, -0.25) is 9.59 Å². The van der Waals surface area contributed by atoms with Crippen molar-refractivity contribution in [2.45, 2.75) is 56.3 Å². The van der Waals surface area contributed by atoms with Crippen LogP contribution in [0.15, 0.2) is 48.6 Å². The van der Waals surface area contributed by atoms with E-state index < -0.39 is 11.9 Å². The number of hydrogen-bond donors (Lipinski definition) is 0. The number of hydrogen-bond acceptors (Lipinski definition) is 5. The Balaban J connectivity index is 1.56. The van der Waals surface area contributed by atoms with Gasteiger partial charge in [-0.05, 0) is 79.5 Å². The number of esters is 1. The van der Waals surface area contributed by atoms with Gasteiger partial charge in [0.1, 0.15) is 5.75 Å². The number of amides is 1. The van der Waals surface area contributed by atoms with E-state index in [-0.39, 0.29) is 17.7 Å². The van der Waals surface area contributed by atoms with Crippen LogP contribution in [0, 0.1) is 0 Å². The number of methoxy groups -OCH3 is 1. The van der Waals surface area contributed by atoms with E-state index in [9.17, 15) is 9.59 Å². The van der Waals surface area contributed by atoms with Crippen molar-refractivity contribution in [2.24, 2.45) is 0 Å². The summed E-state index contributed by atoms with van der Waals surface area (Å²) in [5, 5.41) is 0.777. The van der Waals surface area contributed by atoms with Gasteiger partial charge in [0.15, 0.2) is 0 Å². The lowest BCUT2D eigenvalue weighted by Gasteiger charge is -2.41. The molecule has 2 bridgehead atoms. The predicted octanol–water partition coefficient (Wildman–Crippen LogP) is 5.66. The average molecular weight is 537 g/mol. The van der Waals surface area contributed by atoms with Gasteiger partial charge in [-0.25, -0.2) is 0 Å². The molecule has 3 aliphatic rings. The number of halogens is 1. The topological polar surface area (TPSA) is 59.1 Å². The Morgan fingerprint density at radius 3 is 2.84 bits per heavy atom. The molecule has 2 aliphatic heterocycles. The van der Waals surface area contributed by atoms with Crippen LogP contribution < -0.4 is 9.64 Å². The number of rotatable bonds is 1. The zero-order chi connectivity index (χ0) is 26.7. The Labute approximate surface area is 230 Å². The lowest BCUT2D eigenvalue weighted by atomic mass is 9.70. The van der Waals surface area contributed by atoms with Crippen LogP contribution in [0.5, 0.6) is 5.75 Å². The maximum Gasteiger partial charge on any atom is 0.313 e. The van der Waals surface area contributed by atoms with Crippen molar-refractivity contribution in [1.82, 2.24) is 4.90 Å². The molecule has 0 radical (unpaired) electrons. The highest BCUT2D eigenvalue weighted by molar-refractivity contribution is 6.30. The van der Waals surface area contributed by atoms with E-state index in [1.807, 2.05) is 30.3 Å². The minimum atomic E-state index is -0.675. The van der Waals surface area contributed by atoms with Crippen LogP contribution in [-0.4, -0.2) is 57.2 Å². The van der Waals surface area contributed by atoms with Crippen LogP contribution in [-0.2, 0) is 26.2 Å². The molecule has 2 atom stereocenters. The van der Waals surface area contributed by atoms with Gasteiger partial charge in [-0.15, -0.1) is 0 Å². The third kappa shape index (κ3) is 5.42. The second-order valence-electron chi connectivity index (χ2n) is 10.9. The van der Waals surface area contributed by atoms with Crippen LogP contribution in [0.4, 0.5) is 5.69 Å². The Kier molecular flexibility index (Phi) is 7.98. The summed E-state index contributed by atoms with van der Waals surface area (Å²) in [5.41, 5.74) is 4.28. The summed E-state index contributed by atoms with van der Waals surface area (Å²) >= 11 is 6.37. The Morgan fingerprint density at radius 2 is 2.00 bits per heavy atom. The van der Waals surface area contributed by atoms with Crippen LogP contribution in [0.1, 0.15) is 61.1 Å². The first kappa shape index (κ1) is 26.6. The predicted molar refractivity (Wildman–Crippen MR) is 150 cm³/mol. The molecule has 0 aromatic heterocycles. The molecule has 2 aromatic carbocycles. The standard InChI is InChI=1S/C31H37ClN2O4/c1-33-15-6-4-3-5-7-16-34-20-31(14-8-9-23-17-24(32)11-12-26(23)31)21-38-28-13-10-22(18-27(28)34)25(19-29(33)35)30(36)37-2/h4,6,10-13,17-18,25H,3,5,7-9,14-16,19-21H2,1-2H3/b6-4+/t25-,31?/m0/s1. The van der Waals surface area contributed by atoms with Crippen molar-refractivity contribution in [2.75, 3.05) is 45.3 Å². The summed E-state index contributed by atoms with van der Waals surface area (Å²) in [6.45, 7) is 2.85. The fourth-order valence-corrected chi connectivity index (χ4v) is 6.41. The van der Waals surface area contributed by atoms with Gasteiger partial charge in [0.05, 0.1) is 25.3 Å². The number of anilines is 1. The zero-order valence-corrected chi connectivity index (χ0v) is 23.1. The molecule has 7 heteroatoms. The van der Waals surface area contributed by atoms with Gasteiger partial charge in [0, 0.05) is 43.5 Å². The van der Waals surface area contributed by atoms with Gasteiger partial charge >= 0.3 is 5.97 Å². The van der Waals surface area contributed by atoms with Crippen LogP contribution in [0.2, 0.25) is 5.02 Å². The van der Waals surface area contributed by atoms with Crippen LogP contribution in [0.3, 0.4) is 0 Å². The molecule has 0 fully saturated rings. The summed E-state index contributed by atoms with van der Waals surface area (Å²) in [4.78, 5) is 30.0. The van der Waals surface area contributed by atoms with Crippen LogP contribution >= 0.6 is 11.6 Å². The monoisotopic (exact) mass is 536 g/mol. The number of benzene rings is 2. The highest BCUT2D eigenvalue weighted by Gasteiger charge is 2.42. The van der Waals surface area contributed by atoms with E-state index in [0.717, 1.165) is 73.6 Å². The Morgan fingerprint density at radius 1 is 1.13 bits per heavy atom. The molecule has 0 N–H and O–H groups in total. The summed E-state index contributed by atoms with van der Waals surface area (Å²) in [6, 6.07) is 12.2. The van der Waals surface area contributed by atoms with E-state index in [1.165, 1.54) is 18.2 Å². The molecule has 6 nitrogen and oxygen atoms in total. The van der Waals surface area contributed by atoms with E-state index in [4.69, 9.17) is 21.1 Å². The molecule has 38 heavy (non-hydrogen) atoms. The molecular weight excluding hydrogens is 500 g/mol. The fraction of sp³-hybridized carbons (Fsp3) is 0.484. The van der Waals surface area contributed by atoms with Crippen molar-refractivity contribution >= 4 is 29.2 Å². The Bertz CT molecular complexity index is 1230. The maximum atomic E-state index is 13.0. The third-order valence-electron chi connectivity index (χ3n) is 8.35. The highest BCUT2D eigenvalue weighted by atomic mass is 35.5. The number of allylic oxidation sites excluding steroid dienone is 1. The molecule has 5 rings (SSSR count). The minimum absolute atomic E-state index is 0.0642. The molecule has 0 saturated heterocycles. The first-order valence-corrected chi connectivity index (χ1v) is 14.1. The number of nitrogens with zero attached hydrogens (tertiary/aromatic N) is 2. The molecular formula is C31H37ClN2O4. The van der Waals surface area contributed by atoms with Crippen molar-refractivity contribution < 1.29 is 19.1 Å². The number of carbonyl (C=O) groups is 2. The molecule has 1 aliphatic carbocycles. The molecule has 1 amide bonds. The quantitative estimate of drug-likeness (QED) is 0.348. The SMILES string of the molecule is COC(=O)[C@H]1CC(=O)N(C)C/C=C/CCCCN2CC3(CCCc4cc(Cl)ccc43)COc3ccc1cc32. The minimum Gasteiger partial charge on any atom is -0.490 e. The molecule has 0 saturated carbocycles. The number of aryl methyl sites for hydroxylation is 1. The summed E-state index contributed by atoms with van der Waals surface area (Å²) in [7, 11) is 3.16. The highest BCUT2D eigenvalue weighted by Crippen LogP contribution is 2.45. The summed E-state index contributed by atoms with van der Waals surface area (Å²) < 4.78 is 11.7. The smallest absolute Gasteiger partial charge is 0.313 e. The lowest BCUT2D eigenvalue weighted by molar-refractivity contribution is -0.145. The van der Waals surface area contributed by atoms with E-state index in [1.54, 1.807) is 11.9 Å². The fourth-order valence-electron chi connectivity index (χ4n) is 6.21. The van der Waals surface area contributed by atoms with Gasteiger partial charge in [-0.1, -0.05) is 35.9 Å². The average Bonchev–Trinajstić information content (AvgIpc) is 3.07. The third-order valence-corrected chi connectivity index (χ3v) is 8.58. The molecule has 1 spiro atoms. The normalized spacial score (nSPS) is 24.9. The maximum absolute atomic E-state index is 13.0. The second-order valence-corrected chi connectivity index (χ2v) is 11.3. The summed E-state index contributed by atoms with van der Waals surface area (Å²) in [6.07, 6.45) is 10.5. The van der Waals surface area contributed by atoms with Crippen molar-refractivity contribution in [3.05, 3.63) is 70.3 Å². The zero-order valence-electron chi connectivity index (χ0n) is 22.4. The number of ether oxygens (including phenoxy) is 2. The number of carbonyl (C=O) groups excluding carboxylic acids is 2. The molecule has 202 valence electrons. The van der Waals surface area contributed by atoms with E-state index >= 15 is 0 Å². The van der Waals surface area contributed by atoms with Crippen molar-refractivity contribution in [1.29, 1.82) is 0 Å². The lowest BCUT2D eigenvalue weighted by Crippen LogP contribution is -2.46. The largest absolute Gasteiger partial charge is 0.490 e. The van der Waals surface area contributed by atoms with Crippen LogP contribution in [0.25, 0.3) is 0 Å². The van der Waals surface area contributed by atoms with Gasteiger partial charge in [0.2, 0.25) is 5.91 Å². The van der Waals surface area contributed by atoms with E-state index in [0.29, 0.717) is 13.2 Å². The number of fused-ring (bicyclic) bond motifs is 3. The van der Waals surface area contributed by atoms with Gasteiger partial charge < -0.3 is 19.3 Å². The van der Waals surface area contributed by atoms with Gasteiger partial charge in [-0.2, -0.15) is 0 Å². The molecule has 2 heterocycles. The first-order valence-electron chi connectivity index (χ1n) is 13.7. The molecule has 2 aromatic rings. The van der Waals surface area contributed by atoms with Crippen molar-refractivity contribution in [3.8, 4) is 5.75 Å². The second kappa shape index (κ2) is 11.4. The molecule has 1 unspecified atom stereocenters. The Hall–Kier alpha value is -2.99. The summed E-state index contributed by atoms with van der Waals surface area (Å²) in [5.74, 6) is -0.337. The first-order chi connectivity index (χ1) is 18.4. The van der Waals surface area contributed by atoms with E-state index in [2.05, 4.69) is 23.1 Å². The van der Waals surface area contributed by atoms with Gasteiger partial charge in [0.25, 0.3) is 0 Å². The number of likely N-dealkylation sites (N-methyl/N-ethyl adjacent to an activating group) is 1. The van der Waals surface area contributed by atoms with Crippen molar-refractivity contribution in [3.63, 3.8) is 0 Å².